The lowest BCUT2D eigenvalue weighted by Gasteiger charge is -2.40. The molecule has 4 fully saturated rings. The predicted molar refractivity (Wildman–Crippen MR) is 220 cm³/mol. The van der Waals surface area contributed by atoms with Crippen LogP contribution in [0.25, 0.3) is 22.3 Å². The van der Waals surface area contributed by atoms with Gasteiger partial charge in [0, 0.05) is 89.0 Å². The zero-order valence-corrected chi connectivity index (χ0v) is 33.8. The Labute approximate surface area is 343 Å². The van der Waals surface area contributed by atoms with Gasteiger partial charge in [0.15, 0.2) is 0 Å². The summed E-state index contributed by atoms with van der Waals surface area (Å²) >= 11 is 0. The smallest absolute Gasteiger partial charge is 0.262 e. The van der Waals surface area contributed by atoms with E-state index >= 15 is 0 Å². The van der Waals surface area contributed by atoms with Crippen LogP contribution < -0.4 is 19.9 Å². The lowest BCUT2D eigenvalue weighted by atomic mass is 9.95. The Kier molecular flexibility index (Phi) is 11.0. The van der Waals surface area contributed by atoms with E-state index in [1.807, 2.05) is 44.2 Å². The Morgan fingerprint density at radius 3 is 2.44 bits per heavy atom. The van der Waals surface area contributed by atoms with Gasteiger partial charge >= 0.3 is 0 Å². The number of nitrogens with zero attached hydrogens (tertiary/aromatic N) is 8. The van der Waals surface area contributed by atoms with Gasteiger partial charge in [-0.3, -0.25) is 34.5 Å². The number of nitrogens with one attached hydrogen (secondary N) is 2. The number of rotatable bonds is 11. The summed E-state index contributed by atoms with van der Waals surface area (Å²) in [6, 6.07) is 12.4. The number of carbonyl (C=O) groups is 4. The van der Waals surface area contributed by atoms with Gasteiger partial charge < -0.3 is 29.1 Å². The second kappa shape index (κ2) is 16.7. The Bertz CT molecular complexity index is 2230. The number of anilines is 2. The minimum absolute atomic E-state index is 0.0798. The number of piperidine rings is 2. The third-order valence-electron chi connectivity index (χ3n) is 12.4. The zero-order chi connectivity index (χ0) is 40.6. The number of H-pyrrole nitrogens is 1. The van der Waals surface area contributed by atoms with Crippen LogP contribution in [0.2, 0.25) is 0 Å². The molecule has 4 aromatic rings. The molecule has 5 aliphatic heterocycles. The lowest BCUT2D eigenvalue weighted by molar-refractivity contribution is -0.136. The van der Waals surface area contributed by atoms with Crippen LogP contribution in [0.5, 0.6) is 5.75 Å². The van der Waals surface area contributed by atoms with Crippen LogP contribution in [0, 0.1) is 5.92 Å². The molecule has 2 aromatic heterocycles. The standard InChI is InChI=1S/C43H52N10O6/c1-27(2)59-30-4-6-35-34(22-30)40(48-47-35)36-23-38(45-26-44-36)52-19-20-58-31(25-52)11-12-49-15-17-50(18-16-49)24-28-9-13-51(14-10-28)29-3-5-32-33(21-29)43(57)53(42(32)56)37-7-8-39(54)46-41(37)55/h3-6,21-23,26-28,31,37H,7-20,24-25H2,1-2H3,(H,47,48)(H,46,54,55)/t31-,37?/m1/s1. The summed E-state index contributed by atoms with van der Waals surface area (Å²) in [5.74, 6) is 0.373. The molecule has 0 spiro atoms. The van der Waals surface area contributed by atoms with Crippen molar-refractivity contribution in [3.63, 3.8) is 0 Å². The molecular weight excluding hydrogens is 753 g/mol. The number of fused-ring (bicyclic) bond motifs is 2. The average molecular weight is 805 g/mol. The van der Waals surface area contributed by atoms with Gasteiger partial charge in [0.2, 0.25) is 11.8 Å². The lowest BCUT2D eigenvalue weighted by Crippen LogP contribution is -2.54. The minimum atomic E-state index is -0.958. The number of aromatic nitrogens is 4. The summed E-state index contributed by atoms with van der Waals surface area (Å²) in [4.78, 5) is 70.6. The largest absolute Gasteiger partial charge is 0.491 e. The highest BCUT2D eigenvalue weighted by Crippen LogP contribution is 2.33. The summed E-state index contributed by atoms with van der Waals surface area (Å²) in [6.45, 7) is 14.3. The topological polar surface area (TPSA) is 169 Å². The minimum Gasteiger partial charge on any atom is -0.491 e. The molecule has 0 radical (unpaired) electrons. The molecule has 1 unspecified atom stereocenters. The van der Waals surface area contributed by atoms with Crippen molar-refractivity contribution in [2.75, 3.05) is 81.9 Å². The van der Waals surface area contributed by atoms with Crippen molar-refractivity contribution in [1.82, 2.24) is 40.2 Å². The number of ether oxygens (including phenoxy) is 2. The first-order chi connectivity index (χ1) is 28.7. The summed E-state index contributed by atoms with van der Waals surface area (Å²) in [5.41, 5.74) is 4.05. The fourth-order valence-corrected chi connectivity index (χ4v) is 9.20. The molecule has 16 nitrogen and oxygen atoms in total. The van der Waals surface area contributed by atoms with E-state index in [1.165, 1.54) is 0 Å². The molecule has 0 bridgehead atoms. The van der Waals surface area contributed by atoms with E-state index in [9.17, 15) is 19.2 Å². The third-order valence-corrected chi connectivity index (χ3v) is 12.4. The van der Waals surface area contributed by atoms with Gasteiger partial charge in [-0.25, -0.2) is 9.97 Å². The number of carbonyl (C=O) groups excluding carboxylic acids is 4. The molecule has 2 aromatic carbocycles. The van der Waals surface area contributed by atoms with Crippen molar-refractivity contribution in [2.45, 2.75) is 64.2 Å². The number of hydrogen-bond donors (Lipinski definition) is 2. The monoisotopic (exact) mass is 804 g/mol. The van der Waals surface area contributed by atoms with Gasteiger partial charge in [-0.1, -0.05) is 0 Å². The number of piperazine rings is 1. The number of imide groups is 2. The molecule has 2 N–H and O–H groups in total. The maximum absolute atomic E-state index is 13.4. The fraction of sp³-hybridized carbons (Fsp3) is 0.512. The van der Waals surface area contributed by atoms with Crippen molar-refractivity contribution in [1.29, 1.82) is 0 Å². The molecule has 0 saturated carbocycles. The van der Waals surface area contributed by atoms with Crippen LogP contribution >= 0.6 is 0 Å². The van der Waals surface area contributed by atoms with Crippen LogP contribution in [0.1, 0.15) is 66.7 Å². The van der Waals surface area contributed by atoms with Crippen molar-refractivity contribution in [3.05, 3.63) is 59.9 Å². The molecule has 5 aliphatic rings. The highest BCUT2D eigenvalue weighted by Gasteiger charge is 2.45. The quantitative estimate of drug-likeness (QED) is 0.212. The second-order valence-corrected chi connectivity index (χ2v) is 16.7. The Morgan fingerprint density at radius 2 is 1.64 bits per heavy atom. The number of morpholine rings is 1. The van der Waals surface area contributed by atoms with Gasteiger partial charge in [-0.05, 0) is 81.8 Å². The maximum atomic E-state index is 13.4. The highest BCUT2D eigenvalue weighted by atomic mass is 16.5. The van der Waals surface area contributed by atoms with E-state index in [0.717, 1.165) is 129 Å². The van der Waals surface area contributed by atoms with Crippen molar-refractivity contribution < 1.29 is 28.7 Å². The molecule has 59 heavy (non-hydrogen) atoms. The summed E-state index contributed by atoms with van der Waals surface area (Å²) in [6.07, 6.45) is 5.16. The molecule has 310 valence electrons. The molecule has 2 atom stereocenters. The SMILES string of the molecule is CC(C)Oc1ccc2[nH]nc(-c3cc(N4CCO[C@H](CCN5CCN(CC6CCN(c7ccc8c(c7)C(=O)N(C7CCC(=O)NC7=O)C8=O)CC6)CC5)C4)ncn3)c2c1. The van der Waals surface area contributed by atoms with Crippen LogP contribution in [0.3, 0.4) is 0 Å². The van der Waals surface area contributed by atoms with Crippen LogP contribution in [0.15, 0.2) is 48.8 Å². The van der Waals surface area contributed by atoms with E-state index in [-0.39, 0.29) is 31.0 Å². The van der Waals surface area contributed by atoms with E-state index < -0.39 is 23.8 Å². The third kappa shape index (κ3) is 8.25. The first-order valence-electron chi connectivity index (χ1n) is 21.1. The Morgan fingerprint density at radius 1 is 0.847 bits per heavy atom. The van der Waals surface area contributed by atoms with Crippen LogP contribution in [0.4, 0.5) is 11.5 Å². The molecule has 4 amide bonds. The van der Waals surface area contributed by atoms with Crippen LogP contribution in [-0.4, -0.2) is 149 Å². The van der Waals surface area contributed by atoms with Crippen LogP contribution in [-0.2, 0) is 14.3 Å². The molecule has 0 aliphatic carbocycles. The Hall–Kier alpha value is -5.45. The predicted octanol–water partition coefficient (Wildman–Crippen LogP) is 3.34. The van der Waals surface area contributed by atoms with Crippen molar-refractivity contribution in [2.24, 2.45) is 5.92 Å². The van der Waals surface area contributed by atoms with Crippen molar-refractivity contribution in [3.8, 4) is 17.1 Å². The summed E-state index contributed by atoms with van der Waals surface area (Å²) < 4.78 is 12.2. The number of amides is 4. The normalized spacial score (nSPS) is 22.5. The number of aromatic amines is 1. The Balaban J connectivity index is 0.719. The molecule has 9 rings (SSSR count). The zero-order valence-electron chi connectivity index (χ0n) is 33.8. The summed E-state index contributed by atoms with van der Waals surface area (Å²) in [7, 11) is 0. The first kappa shape index (κ1) is 39.0. The van der Waals surface area contributed by atoms with Crippen molar-refractivity contribution >= 4 is 46.0 Å². The first-order valence-corrected chi connectivity index (χ1v) is 21.1. The summed E-state index contributed by atoms with van der Waals surface area (Å²) in [5, 5.41) is 10.9. The number of hydrogen-bond acceptors (Lipinski definition) is 13. The average Bonchev–Trinajstić information content (AvgIpc) is 3.78. The molecule has 4 saturated heterocycles. The number of benzene rings is 2. The van der Waals surface area contributed by atoms with E-state index in [0.29, 0.717) is 23.7 Å². The van der Waals surface area contributed by atoms with E-state index in [4.69, 9.17) is 9.47 Å². The molecule has 7 heterocycles. The van der Waals surface area contributed by atoms with Gasteiger partial charge in [0.25, 0.3) is 11.8 Å². The van der Waals surface area contributed by atoms with E-state index in [2.05, 4.69) is 45.1 Å². The van der Waals surface area contributed by atoms with Gasteiger partial charge in [0.05, 0.1) is 41.2 Å². The highest BCUT2D eigenvalue weighted by molar-refractivity contribution is 6.23. The fourth-order valence-electron chi connectivity index (χ4n) is 9.20. The van der Waals surface area contributed by atoms with Gasteiger partial charge in [0.1, 0.15) is 29.6 Å². The second-order valence-electron chi connectivity index (χ2n) is 16.7. The molecule has 16 heteroatoms. The molecular formula is C43H52N10O6. The van der Waals surface area contributed by atoms with Gasteiger partial charge in [-0.2, -0.15) is 5.10 Å². The van der Waals surface area contributed by atoms with Gasteiger partial charge in [-0.15, -0.1) is 0 Å². The maximum Gasteiger partial charge on any atom is 0.262 e. The van der Waals surface area contributed by atoms with E-state index in [1.54, 1.807) is 18.5 Å².